The third-order valence-electron chi connectivity index (χ3n) is 4.23. The van der Waals surface area contributed by atoms with E-state index in [0.29, 0.717) is 40.7 Å². The van der Waals surface area contributed by atoms with Crippen LogP contribution in [-0.4, -0.2) is 38.1 Å². The third kappa shape index (κ3) is 3.52. The normalized spacial score (nSPS) is 13.8. The van der Waals surface area contributed by atoms with Crippen molar-refractivity contribution in [2.75, 3.05) is 16.8 Å². The highest BCUT2D eigenvalue weighted by molar-refractivity contribution is 6.31. The summed E-state index contributed by atoms with van der Waals surface area (Å²) >= 11 is 6.08. The van der Waals surface area contributed by atoms with E-state index in [1.807, 2.05) is 0 Å². The van der Waals surface area contributed by atoms with Gasteiger partial charge in [0, 0.05) is 18.0 Å². The molecule has 4 rings (SSSR count). The average Bonchev–Trinajstić information content (AvgIpc) is 3.34. The highest BCUT2D eigenvalue weighted by Gasteiger charge is 2.26. The van der Waals surface area contributed by atoms with Gasteiger partial charge in [0.05, 0.1) is 23.1 Å². The maximum Gasteiger partial charge on any atom is 0.257 e. The lowest BCUT2D eigenvalue weighted by molar-refractivity contribution is -0.117. The molecule has 0 aliphatic carbocycles. The number of nitrogens with one attached hydrogen (secondary N) is 1. The van der Waals surface area contributed by atoms with Crippen molar-refractivity contribution in [1.82, 2.24) is 19.7 Å². The van der Waals surface area contributed by atoms with Gasteiger partial charge in [0.1, 0.15) is 12.7 Å². The Morgan fingerprint density at radius 2 is 2.11 bits per heavy atom. The molecule has 1 aliphatic heterocycles. The summed E-state index contributed by atoms with van der Waals surface area (Å²) in [6.45, 7) is 0.577. The number of aromatic nitrogens is 4. The summed E-state index contributed by atoms with van der Waals surface area (Å²) in [6.07, 6.45) is 5.72. The van der Waals surface area contributed by atoms with Crippen LogP contribution in [0.4, 0.5) is 11.4 Å². The molecule has 1 saturated heterocycles. The number of anilines is 2. The summed E-state index contributed by atoms with van der Waals surface area (Å²) in [6, 6.07) is 8.34. The van der Waals surface area contributed by atoms with E-state index in [-0.39, 0.29) is 11.8 Å². The van der Waals surface area contributed by atoms with Gasteiger partial charge >= 0.3 is 0 Å². The minimum Gasteiger partial charge on any atom is -0.321 e. The molecule has 8 nitrogen and oxygen atoms in total. The number of rotatable bonds is 4. The molecule has 3 aromatic rings. The fourth-order valence-corrected chi connectivity index (χ4v) is 3.11. The molecule has 0 radical (unpaired) electrons. The Morgan fingerprint density at radius 3 is 2.78 bits per heavy atom. The Labute approximate surface area is 159 Å². The molecule has 1 fully saturated rings. The van der Waals surface area contributed by atoms with Crippen LogP contribution in [0.15, 0.2) is 49.2 Å². The molecule has 1 aliphatic rings. The van der Waals surface area contributed by atoms with E-state index in [2.05, 4.69) is 20.4 Å². The second kappa shape index (κ2) is 7.16. The fraction of sp³-hybridized carbons (Fsp3) is 0.167. The van der Waals surface area contributed by atoms with Crippen LogP contribution in [-0.2, 0) is 4.79 Å². The summed E-state index contributed by atoms with van der Waals surface area (Å²) in [5.41, 5.74) is 1.43. The van der Waals surface area contributed by atoms with Crippen molar-refractivity contribution in [3.63, 3.8) is 0 Å². The summed E-state index contributed by atoms with van der Waals surface area (Å²) in [7, 11) is 0. The molecule has 1 N–H and O–H groups in total. The standard InChI is InChI=1S/C18H15ClN6O2/c19-12-3-5-14(15(8-12)24-7-1-2-17(24)26)18(27)23-13-4-6-16(21-9-13)25-11-20-10-22-25/h3-6,8-11H,1-2,7H2,(H,23,27). The maximum absolute atomic E-state index is 12.8. The fourth-order valence-electron chi connectivity index (χ4n) is 2.94. The van der Waals surface area contributed by atoms with Gasteiger partial charge < -0.3 is 10.2 Å². The molecule has 0 atom stereocenters. The van der Waals surface area contributed by atoms with Gasteiger partial charge in [-0.05, 0) is 36.8 Å². The molecule has 0 spiro atoms. The zero-order valence-corrected chi connectivity index (χ0v) is 14.9. The first-order chi connectivity index (χ1) is 13.1. The number of hydrogen-bond donors (Lipinski definition) is 1. The molecule has 136 valence electrons. The van der Waals surface area contributed by atoms with Gasteiger partial charge in [0.15, 0.2) is 5.82 Å². The molecule has 9 heteroatoms. The highest BCUT2D eigenvalue weighted by atomic mass is 35.5. The topological polar surface area (TPSA) is 93.0 Å². The third-order valence-corrected chi connectivity index (χ3v) is 4.46. The molecule has 27 heavy (non-hydrogen) atoms. The lowest BCUT2D eigenvalue weighted by atomic mass is 10.1. The van der Waals surface area contributed by atoms with Crippen LogP contribution in [0, 0.1) is 0 Å². The Hall–Kier alpha value is -3.26. The van der Waals surface area contributed by atoms with Crippen molar-refractivity contribution in [2.24, 2.45) is 0 Å². The summed E-state index contributed by atoms with van der Waals surface area (Å²) in [5.74, 6) is 0.238. The molecule has 0 unspecified atom stereocenters. The highest BCUT2D eigenvalue weighted by Crippen LogP contribution is 2.29. The van der Waals surface area contributed by atoms with Crippen LogP contribution >= 0.6 is 11.6 Å². The van der Waals surface area contributed by atoms with Gasteiger partial charge in [0.2, 0.25) is 5.91 Å². The monoisotopic (exact) mass is 382 g/mol. The Balaban J connectivity index is 1.57. The van der Waals surface area contributed by atoms with Crippen molar-refractivity contribution < 1.29 is 9.59 Å². The van der Waals surface area contributed by atoms with E-state index in [0.717, 1.165) is 6.42 Å². The smallest absolute Gasteiger partial charge is 0.257 e. The van der Waals surface area contributed by atoms with Crippen LogP contribution in [0.1, 0.15) is 23.2 Å². The van der Waals surface area contributed by atoms with Gasteiger partial charge in [-0.2, -0.15) is 5.10 Å². The van der Waals surface area contributed by atoms with Crippen molar-refractivity contribution in [2.45, 2.75) is 12.8 Å². The number of amides is 2. The SMILES string of the molecule is O=C(Nc1ccc(-n2cncn2)nc1)c1ccc(Cl)cc1N1CCCC1=O. The number of hydrogen-bond acceptors (Lipinski definition) is 5. The maximum atomic E-state index is 12.8. The molecule has 3 heterocycles. The summed E-state index contributed by atoms with van der Waals surface area (Å²) in [5, 5.41) is 7.27. The number of benzene rings is 1. The van der Waals surface area contributed by atoms with Crippen molar-refractivity contribution in [3.8, 4) is 5.82 Å². The van der Waals surface area contributed by atoms with Crippen LogP contribution < -0.4 is 10.2 Å². The zero-order chi connectivity index (χ0) is 18.8. The van der Waals surface area contributed by atoms with Gasteiger partial charge in [-0.15, -0.1) is 0 Å². The van der Waals surface area contributed by atoms with E-state index < -0.39 is 0 Å². The number of carbonyl (C=O) groups is 2. The van der Waals surface area contributed by atoms with Crippen LogP contribution in [0.3, 0.4) is 0 Å². The molecule has 0 bridgehead atoms. The van der Waals surface area contributed by atoms with E-state index in [1.165, 1.54) is 23.5 Å². The molecule has 0 saturated carbocycles. The number of halogens is 1. The van der Waals surface area contributed by atoms with Crippen molar-refractivity contribution in [3.05, 3.63) is 59.8 Å². The minimum atomic E-state index is -0.336. The number of carbonyl (C=O) groups excluding carboxylic acids is 2. The van der Waals surface area contributed by atoms with Gasteiger partial charge in [-0.25, -0.2) is 14.6 Å². The summed E-state index contributed by atoms with van der Waals surface area (Å²) < 4.78 is 1.52. The molecule has 2 aromatic heterocycles. The predicted octanol–water partition coefficient (Wildman–Crippen LogP) is 2.69. The second-order valence-corrected chi connectivity index (χ2v) is 6.45. The first-order valence-electron chi connectivity index (χ1n) is 8.34. The summed E-state index contributed by atoms with van der Waals surface area (Å²) in [4.78, 5) is 34.6. The number of nitrogens with zero attached hydrogens (tertiary/aromatic N) is 5. The van der Waals surface area contributed by atoms with E-state index in [1.54, 1.807) is 35.2 Å². The average molecular weight is 383 g/mol. The van der Waals surface area contributed by atoms with E-state index >= 15 is 0 Å². The van der Waals surface area contributed by atoms with Crippen LogP contribution in [0.25, 0.3) is 5.82 Å². The first kappa shape index (κ1) is 17.2. The number of pyridine rings is 1. The van der Waals surface area contributed by atoms with Gasteiger partial charge in [0.25, 0.3) is 5.91 Å². The Morgan fingerprint density at radius 1 is 1.22 bits per heavy atom. The largest absolute Gasteiger partial charge is 0.321 e. The van der Waals surface area contributed by atoms with Gasteiger partial charge in [-0.1, -0.05) is 11.6 Å². The van der Waals surface area contributed by atoms with E-state index in [4.69, 9.17) is 11.6 Å². The van der Waals surface area contributed by atoms with Crippen LogP contribution in [0.5, 0.6) is 0 Å². The van der Waals surface area contributed by atoms with Crippen LogP contribution in [0.2, 0.25) is 5.02 Å². The second-order valence-electron chi connectivity index (χ2n) is 6.01. The van der Waals surface area contributed by atoms with Gasteiger partial charge in [-0.3, -0.25) is 9.59 Å². The van der Waals surface area contributed by atoms with E-state index in [9.17, 15) is 9.59 Å². The zero-order valence-electron chi connectivity index (χ0n) is 14.2. The molecular formula is C18H15ClN6O2. The van der Waals surface area contributed by atoms with Crippen molar-refractivity contribution in [1.29, 1.82) is 0 Å². The quantitative estimate of drug-likeness (QED) is 0.748. The molecule has 2 amide bonds. The molecule has 1 aromatic carbocycles. The lowest BCUT2D eigenvalue weighted by Crippen LogP contribution is -2.27. The minimum absolute atomic E-state index is 0.00910. The lowest BCUT2D eigenvalue weighted by Gasteiger charge is -2.19. The predicted molar refractivity (Wildman–Crippen MR) is 100 cm³/mol. The Bertz CT molecular complexity index is 988. The first-order valence-corrected chi connectivity index (χ1v) is 8.72. The van der Waals surface area contributed by atoms with Crippen molar-refractivity contribution >= 4 is 34.8 Å². The Kier molecular flexibility index (Phi) is 4.55. The molecular weight excluding hydrogens is 368 g/mol.